The lowest BCUT2D eigenvalue weighted by atomic mass is 10.2. The molecule has 1 saturated heterocycles. The first-order valence-corrected chi connectivity index (χ1v) is 6.67. The van der Waals surface area contributed by atoms with E-state index in [2.05, 4.69) is 16.8 Å². The Morgan fingerprint density at radius 2 is 2.16 bits per heavy atom. The van der Waals surface area contributed by atoms with Crippen LogP contribution in [0.3, 0.4) is 0 Å². The summed E-state index contributed by atoms with van der Waals surface area (Å²) in [5.74, 6) is 1.40. The zero-order chi connectivity index (χ0) is 14.0. The fourth-order valence-corrected chi connectivity index (χ4v) is 2.02. The summed E-state index contributed by atoms with van der Waals surface area (Å²) in [5, 5.41) is 0. The number of hydrogen-bond acceptors (Lipinski definition) is 5. The Bertz CT molecular complexity index is 443. The summed E-state index contributed by atoms with van der Waals surface area (Å²) in [7, 11) is 0. The van der Waals surface area contributed by atoms with Gasteiger partial charge in [0.15, 0.2) is 0 Å². The van der Waals surface area contributed by atoms with Crippen molar-refractivity contribution in [2.24, 2.45) is 0 Å². The summed E-state index contributed by atoms with van der Waals surface area (Å²) in [4.78, 5) is 6.74. The number of pyridine rings is 1. The lowest BCUT2D eigenvalue weighted by Gasteiger charge is -2.32. The number of anilines is 2. The normalized spacial score (nSPS) is 20.4. The van der Waals surface area contributed by atoms with Crippen molar-refractivity contribution in [2.45, 2.75) is 39.4 Å². The van der Waals surface area contributed by atoms with Gasteiger partial charge in [-0.1, -0.05) is 0 Å². The molecule has 0 aliphatic carbocycles. The SMILES string of the molecule is CC1CN(c2ccc(N)c(OC(C)(C)C)n2)CCO1. The minimum atomic E-state index is -0.307. The number of morpholine rings is 1. The maximum Gasteiger partial charge on any atom is 0.239 e. The molecule has 106 valence electrons. The van der Waals surface area contributed by atoms with E-state index < -0.39 is 0 Å². The van der Waals surface area contributed by atoms with Crippen molar-refractivity contribution in [3.8, 4) is 5.88 Å². The van der Waals surface area contributed by atoms with Crippen LogP contribution in [-0.2, 0) is 4.74 Å². The van der Waals surface area contributed by atoms with E-state index in [1.54, 1.807) is 0 Å². The Morgan fingerprint density at radius 1 is 1.42 bits per heavy atom. The highest BCUT2D eigenvalue weighted by atomic mass is 16.5. The van der Waals surface area contributed by atoms with Crippen LogP contribution in [0.2, 0.25) is 0 Å². The largest absolute Gasteiger partial charge is 0.470 e. The molecule has 5 nitrogen and oxygen atoms in total. The maximum atomic E-state index is 5.92. The van der Waals surface area contributed by atoms with Crippen molar-refractivity contribution >= 4 is 11.5 Å². The van der Waals surface area contributed by atoms with Crippen LogP contribution in [0.1, 0.15) is 27.7 Å². The molecular weight excluding hydrogens is 242 g/mol. The number of rotatable bonds is 2. The summed E-state index contributed by atoms with van der Waals surface area (Å²) in [5.41, 5.74) is 6.18. The van der Waals surface area contributed by atoms with Gasteiger partial charge in [0.2, 0.25) is 5.88 Å². The van der Waals surface area contributed by atoms with Crippen molar-refractivity contribution in [3.63, 3.8) is 0 Å². The summed E-state index contributed by atoms with van der Waals surface area (Å²) < 4.78 is 11.3. The predicted octanol–water partition coefficient (Wildman–Crippen LogP) is 2.07. The second kappa shape index (κ2) is 5.25. The Balaban J connectivity index is 2.20. The van der Waals surface area contributed by atoms with Crippen LogP contribution < -0.4 is 15.4 Å². The van der Waals surface area contributed by atoms with E-state index in [0.717, 1.165) is 25.5 Å². The first-order chi connectivity index (χ1) is 8.85. The molecule has 0 radical (unpaired) electrons. The molecule has 0 spiro atoms. The first-order valence-electron chi connectivity index (χ1n) is 6.67. The zero-order valence-corrected chi connectivity index (χ0v) is 12.1. The molecule has 2 N–H and O–H groups in total. The molecule has 0 amide bonds. The lowest BCUT2D eigenvalue weighted by molar-refractivity contribution is 0.0528. The molecule has 2 heterocycles. The van der Waals surface area contributed by atoms with E-state index in [-0.39, 0.29) is 11.7 Å². The second-order valence-electron chi connectivity index (χ2n) is 5.91. The van der Waals surface area contributed by atoms with E-state index in [0.29, 0.717) is 11.6 Å². The van der Waals surface area contributed by atoms with Gasteiger partial charge in [0.25, 0.3) is 0 Å². The average Bonchev–Trinajstić information content (AvgIpc) is 2.30. The smallest absolute Gasteiger partial charge is 0.239 e. The fourth-order valence-electron chi connectivity index (χ4n) is 2.02. The van der Waals surface area contributed by atoms with Gasteiger partial charge in [-0.05, 0) is 39.8 Å². The molecule has 1 unspecified atom stereocenters. The molecular formula is C14H23N3O2. The highest BCUT2D eigenvalue weighted by molar-refractivity contribution is 5.55. The van der Waals surface area contributed by atoms with Crippen molar-refractivity contribution in [3.05, 3.63) is 12.1 Å². The standard InChI is InChI=1S/C14H23N3O2/c1-10-9-17(7-8-18-10)12-6-5-11(15)13(16-12)19-14(2,3)4/h5-6,10H,7-9,15H2,1-4H3. The van der Waals surface area contributed by atoms with Crippen LogP contribution in [0.5, 0.6) is 5.88 Å². The van der Waals surface area contributed by atoms with Gasteiger partial charge in [0.05, 0.1) is 18.4 Å². The van der Waals surface area contributed by atoms with Crippen LogP contribution in [0.4, 0.5) is 11.5 Å². The van der Waals surface area contributed by atoms with Gasteiger partial charge in [0, 0.05) is 13.1 Å². The van der Waals surface area contributed by atoms with Gasteiger partial charge in [-0.2, -0.15) is 4.98 Å². The topological polar surface area (TPSA) is 60.6 Å². The molecule has 0 saturated carbocycles. The van der Waals surface area contributed by atoms with Gasteiger partial charge in [0.1, 0.15) is 11.4 Å². The Hall–Kier alpha value is -1.49. The molecule has 2 rings (SSSR count). The summed E-state index contributed by atoms with van der Waals surface area (Å²) in [6, 6.07) is 3.78. The van der Waals surface area contributed by atoms with E-state index in [1.165, 1.54) is 0 Å². The molecule has 1 aliphatic rings. The molecule has 1 aliphatic heterocycles. The van der Waals surface area contributed by atoms with Gasteiger partial charge >= 0.3 is 0 Å². The number of aromatic nitrogens is 1. The molecule has 1 fully saturated rings. The summed E-state index contributed by atoms with van der Waals surface area (Å²) in [6.45, 7) is 10.4. The van der Waals surface area contributed by atoms with Crippen molar-refractivity contribution < 1.29 is 9.47 Å². The molecule has 1 atom stereocenters. The number of ether oxygens (including phenoxy) is 2. The molecule has 19 heavy (non-hydrogen) atoms. The van der Waals surface area contributed by atoms with Crippen LogP contribution in [-0.4, -0.2) is 36.4 Å². The van der Waals surface area contributed by atoms with Crippen LogP contribution in [0.25, 0.3) is 0 Å². The van der Waals surface area contributed by atoms with Gasteiger partial charge in [-0.25, -0.2) is 0 Å². The van der Waals surface area contributed by atoms with Crippen molar-refractivity contribution in [1.82, 2.24) is 4.98 Å². The molecule has 0 aromatic carbocycles. The highest BCUT2D eigenvalue weighted by Gasteiger charge is 2.20. The minimum absolute atomic E-state index is 0.222. The third-order valence-corrected chi connectivity index (χ3v) is 2.84. The number of nitrogens with two attached hydrogens (primary N) is 1. The number of nitrogen functional groups attached to an aromatic ring is 1. The summed E-state index contributed by atoms with van der Waals surface area (Å²) >= 11 is 0. The molecule has 0 bridgehead atoms. The predicted molar refractivity (Wildman–Crippen MR) is 76.7 cm³/mol. The Kier molecular flexibility index (Phi) is 3.85. The monoisotopic (exact) mass is 265 g/mol. The first kappa shape index (κ1) is 13.9. The van der Waals surface area contributed by atoms with E-state index in [4.69, 9.17) is 15.2 Å². The Labute approximate surface area is 114 Å². The zero-order valence-electron chi connectivity index (χ0n) is 12.1. The third kappa shape index (κ3) is 3.73. The Morgan fingerprint density at radius 3 is 2.79 bits per heavy atom. The minimum Gasteiger partial charge on any atom is -0.470 e. The van der Waals surface area contributed by atoms with Crippen molar-refractivity contribution in [2.75, 3.05) is 30.3 Å². The average molecular weight is 265 g/mol. The van der Waals surface area contributed by atoms with Crippen LogP contribution in [0.15, 0.2) is 12.1 Å². The van der Waals surface area contributed by atoms with Gasteiger partial charge < -0.3 is 20.1 Å². The van der Waals surface area contributed by atoms with E-state index in [9.17, 15) is 0 Å². The van der Waals surface area contributed by atoms with Crippen molar-refractivity contribution in [1.29, 1.82) is 0 Å². The maximum absolute atomic E-state index is 5.92. The quantitative estimate of drug-likeness (QED) is 0.887. The van der Waals surface area contributed by atoms with Gasteiger partial charge in [-0.3, -0.25) is 0 Å². The molecule has 1 aromatic heterocycles. The number of hydrogen-bond donors (Lipinski definition) is 1. The highest BCUT2D eigenvalue weighted by Crippen LogP contribution is 2.27. The van der Waals surface area contributed by atoms with Gasteiger partial charge in [-0.15, -0.1) is 0 Å². The molecule has 5 heteroatoms. The number of nitrogens with zero attached hydrogens (tertiary/aromatic N) is 2. The lowest BCUT2D eigenvalue weighted by Crippen LogP contribution is -2.41. The third-order valence-electron chi connectivity index (χ3n) is 2.84. The van der Waals surface area contributed by atoms with E-state index >= 15 is 0 Å². The van der Waals surface area contributed by atoms with E-state index in [1.807, 2.05) is 32.9 Å². The van der Waals surface area contributed by atoms with Crippen LogP contribution >= 0.6 is 0 Å². The summed E-state index contributed by atoms with van der Waals surface area (Å²) in [6.07, 6.45) is 0.222. The molecule has 1 aromatic rings. The second-order valence-corrected chi connectivity index (χ2v) is 5.91. The van der Waals surface area contributed by atoms with Crippen LogP contribution in [0, 0.1) is 0 Å². The fraction of sp³-hybridized carbons (Fsp3) is 0.643.